The Kier molecular flexibility index (Phi) is 2.78. The minimum atomic E-state index is -0.522. The molecule has 0 unspecified atom stereocenters. The molecule has 3 N–H and O–H groups in total. The third-order valence-corrected chi connectivity index (χ3v) is 1.15. The van der Waals surface area contributed by atoms with E-state index in [0.29, 0.717) is 5.56 Å². The van der Waals surface area contributed by atoms with Crippen LogP contribution in [0, 0.1) is 0 Å². The Bertz CT molecular complexity index is 295. The number of amides is 1. The number of hydrogen-bond acceptors (Lipinski definition) is 3. The fraction of sp³-hybridized carbons (Fsp3) is 0. The van der Waals surface area contributed by atoms with Crippen molar-refractivity contribution < 1.29 is 4.79 Å². The van der Waals surface area contributed by atoms with Gasteiger partial charge in [0, 0.05) is 18.6 Å². The normalized spacial score (nSPS) is 8.67. The number of carbonyl (C=O) groups is 1. The average molecular weight is 164 g/mol. The Morgan fingerprint density at radius 3 is 3.00 bits per heavy atom. The summed E-state index contributed by atoms with van der Waals surface area (Å²) in [4.78, 5) is 14.5. The fourth-order valence-corrected chi connectivity index (χ4v) is 0.596. The van der Waals surface area contributed by atoms with E-state index in [1.54, 1.807) is 0 Å². The van der Waals surface area contributed by atoms with E-state index < -0.39 is 5.91 Å². The third-order valence-electron chi connectivity index (χ3n) is 1.15. The van der Waals surface area contributed by atoms with E-state index in [9.17, 15) is 4.79 Å². The summed E-state index contributed by atoms with van der Waals surface area (Å²) in [5.41, 5.74) is 5.36. The van der Waals surface area contributed by atoms with Gasteiger partial charge in [-0.05, 0) is 6.07 Å². The van der Waals surface area contributed by atoms with Gasteiger partial charge in [-0.1, -0.05) is 0 Å². The lowest BCUT2D eigenvalue weighted by Crippen LogP contribution is -2.10. The van der Waals surface area contributed by atoms with Crippen molar-refractivity contribution in [3.63, 3.8) is 0 Å². The molecule has 12 heavy (non-hydrogen) atoms. The Labute approximate surface area is 69.0 Å². The molecule has 0 saturated heterocycles. The van der Waals surface area contributed by atoms with Crippen LogP contribution in [0.15, 0.2) is 30.9 Å². The Balaban J connectivity index is 3.19. The summed E-state index contributed by atoms with van der Waals surface area (Å²) in [6.07, 6.45) is 5.83. The van der Waals surface area contributed by atoms with Gasteiger partial charge in [-0.15, -0.1) is 0 Å². The Hall–Kier alpha value is -1.91. The van der Waals surface area contributed by atoms with Crippen molar-refractivity contribution >= 4 is 5.91 Å². The van der Waals surface area contributed by atoms with E-state index in [-0.39, 0.29) is 0 Å². The van der Waals surface area contributed by atoms with Gasteiger partial charge >= 0.3 is 0 Å². The summed E-state index contributed by atoms with van der Waals surface area (Å²) in [6.45, 7) is 0. The molecule has 0 spiro atoms. The topological polar surface area (TPSA) is 84.7 Å². The smallest absolute Gasteiger partial charge is 0.250 e. The third kappa shape index (κ3) is 2.37. The Morgan fingerprint density at radius 2 is 2.25 bits per heavy atom. The molecule has 5 heteroatoms. The first-order valence-corrected chi connectivity index (χ1v) is 3.27. The molecule has 1 amide bonds. The van der Waals surface area contributed by atoms with Crippen molar-refractivity contribution in [1.29, 1.82) is 0 Å². The zero-order valence-corrected chi connectivity index (χ0v) is 6.27. The van der Waals surface area contributed by atoms with Crippen molar-refractivity contribution in [3.8, 4) is 0 Å². The number of hydrogen-bond donors (Lipinski definition) is 2. The average Bonchev–Trinajstić information content (AvgIpc) is 2.15. The summed E-state index contributed by atoms with van der Waals surface area (Å²) >= 11 is 0. The molecule has 1 aromatic heterocycles. The molecule has 5 nitrogen and oxygen atoms in total. The zero-order chi connectivity index (χ0) is 8.81. The van der Waals surface area contributed by atoms with E-state index in [0.717, 1.165) is 0 Å². The van der Waals surface area contributed by atoms with Gasteiger partial charge < -0.3 is 5.73 Å². The minimum absolute atomic E-state index is 0.325. The van der Waals surface area contributed by atoms with Crippen molar-refractivity contribution in [3.05, 3.63) is 36.4 Å². The first-order chi connectivity index (χ1) is 5.80. The Morgan fingerprint density at radius 1 is 1.42 bits per heavy atom. The van der Waals surface area contributed by atoms with Gasteiger partial charge in [-0.3, -0.25) is 14.9 Å². The number of rotatable bonds is 1. The second-order valence-electron chi connectivity index (χ2n) is 1.99. The molecule has 0 radical (unpaired) electrons. The van der Waals surface area contributed by atoms with E-state index >= 15 is 0 Å². The maximum absolute atomic E-state index is 10.7. The van der Waals surface area contributed by atoms with Gasteiger partial charge in [-0.2, -0.15) is 5.10 Å². The van der Waals surface area contributed by atoms with Crippen LogP contribution in [0.4, 0.5) is 0 Å². The van der Waals surface area contributed by atoms with Crippen LogP contribution in [0.1, 0.15) is 10.4 Å². The van der Waals surface area contributed by atoms with Crippen LogP contribution in [-0.2, 0) is 0 Å². The van der Waals surface area contributed by atoms with Crippen LogP contribution in [0.3, 0.4) is 0 Å². The highest BCUT2D eigenvalue weighted by atomic mass is 16.1. The first kappa shape index (κ1) is 8.19. The van der Waals surface area contributed by atoms with Gasteiger partial charge in [0.2, 0.25) is 5.91 Å². The number of H-pyrrole nitrogens is 1. The quantitative estimate of drug-likeness (QED) is 0.614. The maximum atomic E-state index is 10.7. The van der Waals surface area contributed by atoms with E-state index in [1.807, 2.05) is 0 Å². The second kappa shape index (κ2) is 4.07. The summed E-state index contributed by atoms with van der Waals surface area (Å²) in [7, 11) is 0. The molecule has 1 heterocycles. The van der Waals surface area contributed by atoms with Crippen LogP contribution < -0.4 is 5.73 Å². The summed E-state index contributed by atoms with van der Waals surface area (Å²) < 4.78 is 0. The highest BCUT2D eigenvalue weighted by Gasteiger charge is 1.93. The van der Waals surface area contributed by atoms with Crippen LogP contribution in [0.5, 0.6) is 0 Å². The molecule has 1 aromatic rings. The molecular formula is C7H8N4O. The summed E-state index contributed by atoms with van der Waals surface area (Å²) in [5, 5.41) is 6.20. The standard InChI is InChI=1S/C7H8N4O/c8-7(12)6-1-2-9-3-4-10-11-5-6/h1-5,11H,(H2,8,12). The largest absolute Gasteiger partial charge is 0.366 e. The fourth-order valence-electron chi connectivity index (χ4n) is 0.596. The zero-order valence-electron chi connectivity index (χ0n) is 6.27. The van der Waals surface area contributed by atoms with Gasteiger partial charge in [-0.25, -0.2) is 0 Å². The number of nitrogens with two attached hydrogens (primary N) is 1. The van der Waals surface area contributed by atoms with Crippen molar-refractivity contribution in [2.24, 2.45) is 5.73 Å². The minimum Gasteiger partial charge on any atom is -0.366 e. The van der Waals surface area contributed by atoms with E-state index in [1.165, 1.54) is 30.9 Å². The monoisotopic (exact) mass is 164 g/mol. The van der Waals surface area contributed by atoms with Crippen LogP contribution >= 0.6 is 0 Å². The summed E-state index contributed by atoms with van der Waals surface area (Å²) in [6, 6.07) is 1.50. The number of carbonyl (C=O) groups excluding carboxylic acids is 1. The van der Waals surface area contributed by atoms with Crippen LogP contribution in [0.2, 0.25) is 0 Å². The molecule has 0 aliphatic heterocycles. The predicted molar refractivity (Wildman–Crippen MR) is 42.5 cm³/mol. The predicted octanol–water partition coefficient (Wildman–Crippen LogP) is 0.0280. The molecule has 0 aromatic carbocycles. The molecule has 62 valence electrons. The number of primary amides is 1. The molecule has 0 bridgehead atoms. The van der Waals surface area contributed by atoms with Crippen molar-refractivity contribution in [2.75, 3.05) is 0 Å². The van der Waals surface area contributed by atoms with Gasteiger partial charge in [0.1, 0.15) is 0 Å². The highest BCUT2D eigenvalue weighted by molar-refractivity contribution is 5.92. The van der Waals surface area contributed by atoms with E-state index in [2.05, 4.69) is 15.2 Å². The molecule has 0 saturated carbocycles. The molecule has 0 aliphatic rings. The number of nitrogens with zero attached hydrogens (tertiary/aromatic N) is 2. The molecule has 0 atom stereocenters. The number of aromatic nitrogens is 3. The summed E-state index contributed by atoms with van der Waals surface area (Å²) in [5.74, 6) is -0.522. The van der Waals surface area contributed by atoms with Crippen molar-refractivity contribution in [2.45, 2.75) is 0 Å². The lowest BCUT2D eigenvalue weighted by molar-refractivity contribution is 0.1000. The van der Waals surface area contributed by atoms with Gasteiger partial charge in [0.05, 0.1) is 11.8 Å². The molecule has 0 fully saturated rings. The maximum Gasteiger partial charge on any atom is 0.250 e. The van der Waals surface area contributed by atoms with Crippen molar-refractivity contribution in [1.82, 2.24) is 15.2 Å². The number of aromatic amines is 1. The number of nitrogens with one attached hydrogen (secondary N) is 1. The highest BCUT2D eigenvalue weighted by Crippen LogP contribution is 1.87. The SMILES string of the molecule is NC(=O)c1ccnccn[nH]c1. The molecule has 0 aliphatic carbocycles. The van der Waals surface area contributed by atoms with Gasteiger partial charge in [0.25, 0.3) is 0 Å². The molecule has 1 rings (SSSR count). The second-order valence-corrected chi connectivity index (χ2v) is 1.99. The van der Waals surface area contributed by atoms with Gasteiger partial charge in [0.15, 0.2) is 0 Å². The lowest BCUT2D eigenvalue weighted by Gasteiger charge is -1.85. The lowest BCUT2D eigenvalue weighted by atomic mass is 10.3. The van der Waals surface area contributed by atoms with E-state index in [4.69, 9.17) is 5.73 Å². The molecular weight excluding hydrogens is 156 g/mol. The first-order valence-electron chi connectivity index (χ1n) is 3.27. The van der Waals surface area contributed by atoms with Crippen LogP contribution in [-0.4, -0.2) is 21.1 Å². The van der Waals surface area contributed by atoms with Crippen LogP contribution in [0.25, 0.3) is 0 Å².